The molecule has 8 rings (SSSR count). The lowest BCUT2D eigenvalue weighted by molar-refractivity contribution is -0.139. The fourth-order valence-electron chi connectivity index (χ4n) is 11.2. The quantitative estimate of drug-likeness (QED) is 0.0837. The van der Waals surface area contributed by atoms with E-state index in [4.69, 9.17) is 0 Å². The molecule has 402 valence electrons. The molecule has 0 radical (unpaired) electrons. The maximum Gasteiger partial charge on any atom is 0.245 e. The van der Waals surface area contributed by atoms with Gasteiger partial charge in [0.2, 0.25) is 43.7 Å². The topological polar surface area (TPSA) is 259 Å². The molecule has 4 aliphatic rings. The lowest BCUT2D eigenvalue weighted by Gasteiger charge is -2.33. The van der Waals surface area contributed by atoms with E-state index in [1.165, 1.54) is 32.9 Å². The van der Waals surface area contributed by atoms with E-state index >= 15 is 0 Å². The van der Waals surface area contributed by atoms with Crippen molar-refractivity contribution >= 4 is 43.7 Å². The molecule has 0 bridgehead atoms. The predicted molar refractivity (Wildman–Crippen MR) is 268 cm³/mol. The zero-order valence-electron chi connectivity index (χ0n) is 42.3. The Morgan fingerprint density at radius 2 is 0.986 bits per heavy atom. The highest BCUT2D eigenvalue weighted by Crippen LogP contribution is 2.40. The van der Waals surface area contributed by atoms with Crippen molar-refractivity contribution in [1.82, 2.24) is 69.7 Å². The predicted octanol–water partition coefficient (Wildman–Crippen LogP) is 0.650. The van der Waals surface area contributed by atoms with Gasteiger partial charge < -0.3 is 31.1 Å². The third-order valence-electron chi connectivity index (χ3n) is 15.1. The Balaban J connectivity index is 0.990. The van der Waals surface area contributed by atoms with Crippen molar-refractivity contribution in [2.75, 3.05) is 52.8 Å². The Kier molecular flexibility index (Phi) is 16.6. The van der Waals surface area contributed by atoms with Gasteiger partial charge in [0.15, 0.2) is 0 Å². The zero-order chi connectivity index (χ0) is 53.2. The Morgan fingerprint density at radius 3 is 1.32 bits per heavy atom. The van der Waals surface area contributed by atoms with E-state index in [9.17, 15) is 44.8 Å². The molecule has 0 unspecified atom stereocenters. The summed E-state index contributed by atoms with van der Waals surface area (Å²) >= 11 is 0. The molecular formula is C48H66F2N14O8S2. The molecule has 4 aliphatic heterocycles. The summed E-state index contributed by atoms with van der Waals surface area (Å²) in [5.41, 5.74) is 2.27. The molecule has 22 nitrogen and oxygen atoms in total. The molecule has 10 atom stereocenters. The molecule has 74 heavy (non-hydrogen) atoms. The summed E-state index contributed by atoms with van der Waals surface area (Å²) in [4.78, 5) is 60.1. The minimum absolute atomic E-state index is 0.120. The number of nitrogens with zero attached hydrogens (tertiary/aromatic N) is 10. The number of carbonyl (C=O) groups excluding carboxylic acids is 4. The van der Waals surface area contributed by atoms with Gasteiger partial charge in [-0.3, -0.25) is 28.5 Å². The molecular weight excluding hydrogens is 1000 g/mol. The van der Waals surface area contributed by atoms with Crippen LogP contribution in [-0.2, 0) is 52.3 Å². The molecule has 0 saturated carbocycles. The average molecular weight is 1070 g/mol. The number of sulfonamides is 2. The molecule has 4 amide bonds. The van der Waals surface area contributed by atoms with Gasteiger partial charge in [-0.15, -0.1) is 10.2 Å². The van der Waals surface area contributed by atoms with Crippen LogP contribution in [0.1, 0.15) is 52.4 Å². The first kappa shape index (κ1) is 54.5. The highest BCUT2D eigenvalue weighted by molar-refractivity contribution is 7.88. The number of carbonyl (C=O) groups is 4. The Labute approximate surface area is 430 Å². The van der Waals surface area contributed by atoms with Crippen molar-refractivity contribution in [1.29, 1.82) is 0 Å². The fraction of sp³-hybridized carbons (Fsp3) is 0.583. The average Bonchev–Trinajstić information content (AvgIpc) is 4.24. The highest BCUT2D eigenvalue weighted by Gasteiger charge is 2.55. The van der Waals surface area contributed by atoms with E-state index in [1.807, 2.05) is 0 Å². The van der Waals surface area contributed by atoms with Gasteiger partial charge >= 0.3 is 0 Å². The highest BCUT2D eigenvalue weighted by atomic mass is 32.2. The van der Waals surface area contributed by atoms with E-state index < -0.39 is 104 Å². The molecule has 4 saturated heterocycles. The van der Waals surface area contributed by atoms with Crippen molar-refractivity contribution in [2.45, 2.75) is 114 Å². The largest absolute Gasteiger partial charge is 0.343 e. The van der Waals surface area contributed by atoms with Crippen LogP contribution in [0, 0.1) is 23.5 Å². The molecule has 2 aromatic carbocycles. The van der Waals surface area contributed by atoms with Crippen molar-refractivity contribution in [3.05, 3.63) is 72.6 Å². The van der Waals surface area contributed by atoms with Crippen molar-refractivity contribution in [3.8, 4) is 22.5 Å². The van der Waals surface area contributed by atoms with Crippen LogP contribution < -0.4 is 21.3 Å². The number of likely N-dealkylation sites (N-methyl/N-ethyl adjacent to an activating group) is 2. The minimum Gasteiger partial charge on any atom is -0.343 e. The van der Waals surface area contributed by atoms with Crippen LogP contribution in [0.3, 0.4) is 0 Å². The number of unbranched alkanes of at least 4 members (excludes halogenated alkanes) is 1. The Hall–Kier alpha value is -5.80. The van der Waals surface area contributed by atoms with Gasteiger partial charge in [0, 0.05) is 74.3 Å². The second kappa shape index (κ2) is 22.6. The molecule has 26 heteroatoms. The van der Waals surface area contributed by atoms with Crippen LogP contribution in [-0.4, -0.2) is 190 Å². The number of likely N-dealkylation sites (tertiary alicyclic amines) is 2. The summed E-state index contributed by atoms with van der Waals surface area (Å²) in [6.07, 6.45) is 7.38. The molecule has 4 N–H and O–H groups in total. The van der Waals surface area contributed by atoms with Gasteiger partial charge in [0.1, 0.15) is 35.1 Å². The van der Waals surface area contributed by atoms with Gasteiger partial charge in [-0.25, -0.2) is 25.6 Å². The third kappa shape index (κ3) is 12.0. The van der Waals surface area contributed by atoms with Crippen molar-refractivity contribution in [2.24, 2.45) is 11.8 Å². The molecule has 6 heterocycles. The molecule has 0 aliphatic carbocycles. The molecule has 4 aromatic rings. The summed E-state index contributed by atoms with van der Waals surface area (Å²) < 4.78 is 86.1. The van der Waals surface area contributed by atoms with E-state index in [1.54, 1.807) is 83.8 Å². The second-order valence-corrected chi connectivity index (χ2v) is 23.9. The maximum atomic E-state index is 14.9. The van der Waals surface area contributed by atoms with Gasteiger partial charge in [0.05, 0.1) is 49.1 Å². The summed E-state index contributed by atoms with van der Waals surface area (Å²) in [5, 5.41) is 28.8. The number of hydrogen-bond acceptors (Lipinski definition) is 14. The van der Waals surface area contributed by atoms with Crippen molar-refractivity contribution < 1.29 is 44.8 Å². The number of amides is 4. The number of rotatable bonds is 21. The minimum atomic E-state index is -3.70. The summed E-state index contributed by atoms with van der Waals surface area (Å²) in [5.74, 6) is -3.22. The Bertz CT molecular complexity index is 2700. The summed E-state index contributed by atoms with van der Waals surface area (Å²) in [6.45, 7) is 4.47. The number of aromatic nitrogens is 6. The van der Waals surface area contributed by atoms with E-state index in [-0.39, 0.29) is 63.9 Å². The van der Waals surface area contributed by atoms with Gasteiger partial charge in [-0.1, -0.05) is 23.3 Å². The van der Waals surface area contributed by atoms with E-state index in [0.717, 1.165) is 12.5 Å². The number of hydrogen-bond donors (Lipinski definition) is 4. The summed E-state index contributed by atoms with van der Waals surface area (Å²) in [6, 6.07) is 6.06. The number of benzene rings is 2. The number of nitrogens with one attached hydrogen (secondary N) is 4. The summed E-state index contributed by atoms with van der Waals surface area (Å²) in [7, 11) is -4.15. The molecule has 4 fully saturated rings. The van der Waals surface area contributed by atoms with E-state index in [2.05, 4.69) is 41.9 Å². The first-order valence-electron chi connectivity index (χ1n) is 25.0. The first-order chi connectivity index (χ1) is 35.1. The normalized spacial score (nSPS) is 23.8. The molecule has 0 spiro atoms. The van der Waals surface area contributed by atoms with Gasteiger partial charge in [-0.2, -0.15) is 8.61 Å². The van der Waals surface area contributed by atoms with Crippen LogP contribution in [0.25, 0.3) is 22.5 Å². The number of halogens is 2. The van der Waals surface area contributed by atoms with Crippen LogP contribution in [0.2, 0.25) is 0 Å². The van der Waals surface area contributed by atoms with Crippen LogP contribution >= 0.6 is 0 Å². The number of fused-ring (bicyclic) bond motifs is 2. The molecule has 2 aromatic heterocycles. The van der Waals surface area contributed by atoms with Gasteiger partial charge in [0.25, 0.3) is 0 Å². The standard InChI is InChI=1S/C48H66F2N14O8S2/c1-29(51-3)45(65)53-37(47(67)61-21-19-41-43(61)33(25-63(41)73(5,69)70)23-59-27-39(55-57-59)31-11-15-35(49)16-12-31)9-7-8-10-38(54-46(66)30(2)52-4)48(68)62-22-20-42-44(62)34(26-64(42)74(6,71)72)24-60-28-40(56-58-60)32-13-17-36(50)18-14-32/h11-18,27-30,33-34,37-38,41-44,51-52H,7-10,19-26H2,1-6H3,(H,53,65)(H,54,66)/t29-,30-,33-,34-,37-,38-,41+,42+,43+,44+/m0/s1. The smallest absolute Gasteiger partial charge is 0.245 e. The Morgan fingerprint density at radius 1 is 0.622 bits per heavy atom. The van der Waals surface area contributed by atoms with Gasteiger partial charge in [-0.05, 0) is 102 Å². The monoisotopic (exact) mass is 1070 g/mol. The first-order valence-corrected chi connectivity index (χ1v) is 28.7. The van der Waals surface area contributed by atoms with Crippen LogP contribution in [0.4, 0.5) is 8.78 Å². The maximum absolute atomic E-state index is 14.9. The fourth-order valence-corrected chi connectivity index (χ4v) is 13.5. The SMILES string of the molecule is CN[C@@H](C)C(=O)N[C@@H](CCCC[C@H](NC(=O)[C@H](C)NC)C(=O)N1CC[C@@H]2[C@H]1[C@@H](Cn1cc(-c3ccc(F)cc3)nn1)CN2S(C)(=O)=O)C(=O)N1CC[C@@H]2[C@H]1[C@@H](Cn1cc(-c3ccc(F)cc3)nn1)CN2S(C)(=O)=O. The lowest BCUT2D eigenvalue weighted by atomic mass is 9.97. The van der Waals surface area contributed by atoms with Crippen molar-refractivity contribution in [3.63, 3.8) is 0 Å². The zero-order valence-corrected chi connectivity index (χ0v) is 44.0. The lowest BCUT2D eigenvalue weighted by Crippen LogP contribution is -2.55. The van der Waals surface area contributed by atoms with E-state index in [0.29, 0.717) is 48.2 Å². The second-order valence-electron chi connectivity index (χ2n) is 20.0. The van der Waals surface area contributed by atoms with Crippen LogP contribution in [0.5, 0.6) is 0 Å². The third-order valence-corrected chi connectivity index (χ3v) is 17.7. The van der Waals surface area contributed by atoms with Crippen LogP contribution in [0.15, 0.2) is 60.9 Å².